The fourth-order valence-electron chi connectivity index (χ4n) is 2.42. The van der Waals surface area contributed by atoms with E-state index in [-0.39, 0.29) is 18.2 Å². The van der Waals surface area contributed by atoms with Crippen molar-refractivity contribution in [3.63, 3.8) is 0 Å². The molecule has 1 saturated carbocycles. The molecule has 2 atom stereocenters. The zero-order chi connectivity index (χ0) is 16.6. The first-order valence-electron chi connectivity index (χ1n) is 7.39. The van der Waals surface area contributed by atoms with Gasteiger partial charge < -0.3 is 15.7 Å². The van der Waals surface area contributed by atoms with Gasteiger partial charge in [0.2, 0.25) is 15.9 Å². The van der Waals surface area contributed by atoms with Crippen LogP contribution in [0.1, 0.15) is 19.3 Å². The molecule has 9 heteroatoms. The van der Waals surface area contributed by atoms with E-state index in [1.807, 2.05) is 0 Å². The quantitative estimate of drug-likeness (QED) is 0.599. The van der Waals surface area contributed by atoms with Gasteiger partial charge in [0.1, 0.15) is 10.7 Å². The molecule has 0 bridgehead atoms. The van der Waals surface area contributed by atoms with Crippen LogP contribution in [0, 0.1) is 5.82 Å². The lowest BCUT2D eigenvalue weighted by Crippen LogP contribution is -2.35. The zero-order valence-electron chi connectivity index (χ0n) is 12.3. The number of sulfonamides is 1. The zero-order valence-corrected chi connectivity index (χ0v) is 13.1. The molecule has 126 valence electrons. The van der Waals surface area contributed by atoms with E-state index in [9.17, 15) is 22.7 Å². The largest absolute Gasteiger partial charge is 0.392 e. The Labute approximate surface area is 133 Å². The Morgan fingerprint density at radius 1 is 1.35 bits per heavy atom. The number of β-amino-alcohol motifs (C(OH)–C–C–N with tert-alkyl or cyclic N) is 1. The molecule has 1 saturated heterocycles. The number of carbonyl (C=O) groups is 1. The number of amides is 1. The molecule has 3 rings (SSSR count). The van der Waals surface area contributed by atoms with Gasteiger partial charge in [-0.05, 0) is 37.5 Å². The number of hydrogen-bond donors (Lipinski definition) is 4. The van der Waals surface area contributed by atoms with Gasteiger partial charge in [0.25, 0.3) is 0 Å². The second-order valence-corrected chi connectivity index (χ2v) is 7.56. The van der Waals surface area contributed by atoms with Crippen LogP contribution in [0.15, 0.2) is 23.1 Å². The Morgan fingerprint density at radius 3 is 2.70 bits per heavy atom. The highest BCUT2D eigenvalue weighted by molar-refractivity contribution is 7.89. The second-order valence-electron chi connectivity index (χ2n) is 5.88. The average molecular weight is 343 g/mol. The average Bonchev–Trinajstić information content (AvgIpc) is 3.17. The van der Waals surface area contributed by atoms with E-state index >= 15 is 0 Å². The van der Waals surface area contributed by atoms with Crippen molar-refractivity contribution in [1.29, 1.82) is 0 Å². The number of halogens is 1. The molecular weight excluding hydrogens is 325 g/mol. The van der Waals surface area contributed by atoms with Crippen molar-refractivity contribution in [2.24, 2.45) is 0 Å². The summed E-state index contributed by atoms with van der Waals surface area (Å²) in [5, 5.41) is 14.8. The van der Waals surface area contributed by atoms with E-state index in [0.29, 0.717) is 6.54 Å². The van der Waals surface area contributed by atoms with Crippen LogP contribution in [0.25, 0.3) is 0 Å². The van der Waals surface area contributed by atoms with Gasteiger partial charge >= 0.3 is 0 Å². The maximum absolute atomic E-state index is 13.8. The number of anilines is 1. The second kappa shape index (κ2) is 6.16. The highest BCUT2D eigenvalue weighted by Crippen LogP contribution is 2.25. The molecule has 1 aromatic rings. The summed E-state index contributed by atoms with van der Waals surface area (Å²) in [6, 6.07) is 2.72. The van der Waals surface area contributed by atoms with Crippen LogP contribution in [-0.4, -0.2) is 44.2 Å². The van der Waals surface area contributed by atoms with Gasteiger partial charge in [0, 0.05) is 18.3 Å². The summed E-state index contributed by atoms with van der Waals surface area (Å²) < 4.78 is 40.5. The Balaban J connectivity index is 1.76. The molecule has 1 aliphatic heterocycles. The van der Waals surface area contributed by atoms with Crippen molar-refractivity contribution in [3.05, 3.63) is 24.0 Å². The minimum absolute atomic E-state index is 0.137. The summed E-state index contributed by atoms with van der Waals surface area (Å²) >= 11 is 0. The van der Waals surface area contributed by atoms with Gasteiger partial charge in [-0.2, -0.15) is 0 Å². The van der Waals surface area contributed by atoms with Crippen molar-refractivity contribution < 1.29 is 22.7 Å². The van der Waals surface area contributed by atoms with Gasteiger partial charge in [-0.1, -0.05) is 0 Å². The van der Waals surface area contributed by atoms with E-state index < -0.39 is 38.8 Å². The summed E-state index contributed by atoms with van der Waals surface area (Å²) in [4.78, 5) is 11.6. The summed E-state index contributed by atoms with van der Waals surface area (Å²) in [6.07, 6.45) is 1.18. The molecule has 2 fully saturated rings. The van der Waals surface area contributed by atoms with Crippen LogP contribution in [-0.2, 0) is 14.8 Å². The van der Waals surface area contributed by atoms with E-state index in [1.54, 1.807) is 0 Å². The normalized spacial score (nSPS) is 24.6. The minimum Gasteiger partial charge on any atom is -0.392 e. The van der Waals surface area contributed by atoms with Gasteiger partial charge in [-0.25, -0.2) is 17.5 Å². The molecule has 0 spiro atoms. The number of aliphatic hydroxyl groups excluding tert-OH is 1. The van der Waals surface area contributed by atoms with Crippen molar-refractivity contribution in [1.82, 2.24) is 10.0 Å². The molecule has 1 amide bonds. The number of hydrogen-bond acceptors (Lipinski definition) is 5. The summed E-state index contributed by atoms with van der Waals surface area (Å²) in [7, 11) is -3.95. The van der Waals surface area contributed by atoms with Crippen LogP contribution >= 0.6 is 0 Å². The lowest BCUT2D eigenvalue weighted by molar-refractivity contribution is -0.117. The van der Waals surface area contributed by atoms with Gasteiger partial charge in [0.15, 0.2) is 0 Å². The SMILES string of the molecule is O=C(Nc1ccc(F)c(S(=O)(=O)NC2CC2)c1)C1CC(O)CN1. The van der Waals surface area contributed by atoms with Crippen molar-refractivity contribution >= 4 is 21.6 Å². The predicted octanol–water partition coefficient (Wildman–Crippen LogP) is -0.0723. The molecular formula is C14H18FN3O4S. The standard InChI is InChI=1S/C14H18FN3O4S/c15-11-4-3-9(17-14(20)12-6-10(19)7-16-12)5-13(11)23(21,22)18-8-1-2-8/h3-5,8,10,12,16,18-19H,1-2,6-7H2,(H,17,20). The molecule has 2 aliphatic rings. The maximum Gasteiger partial charge on any atom is 0.243 e. The maximum atomic E-state index is 13.8. The van der Waals surface area contributed by atoms with E-state index in [0.717, 1.165) is 25.0 Å². The topological polar surface area (TPSA) is 108 Å². The predicted molar refractivity (Wildman–Crippen MR) is 80.8 cm³/mol. The van der Waals surface area contributed by atoms with Gasteiger partial charge in [-0.3, -0.25) is 4.79 Å². The molecule has 1 heterocycles. The fraction of sp³-hybridized carbons (Fsp3) is 0.500. The highest BCUT2D eigenvalue weighted by atomic mass is 32.2. The Hall–Kier alpha value is -1.55. The Bertz CT molecular complexity index is 721. The first kappa shape index (κ1) is 16.3. The van der Waals surface area contributed by atoms with Crippen LogP contribution in [0.5, 0.6) is 0 Å². The number of aliphatic hydroxyl groups is 1. The molecule has 0 radical (unpaired) electrons. The first-order valence-corrected chi connectivity index (χ1v) is 8.87. The molecule has 1 aliphatic carbocycles. The lowest BCUT2D eigenvalue weighted by atomic mass is 10.2. The molecule has 23 heavy (non-hydrogen) atoms. The summed E-state index contributed by atoms with van der Waals surface area (Å²) in [6.45, 7) is 0.326. The third kappa shape index (κ3) is 3.86. The first-order chi connectivity index (χ1) is 10.8. The van der Waals surface area contributed by atoms with Gasteiger partial charge in [-0.15, -0.1) is 0 Å². The Morgan fingerprint density at radius 2 is 2.09 bits per heavy atom. The number of nitrogens with one attached hydrogen (secondary N) is 3. The fourth-order valence-corrected chi connectivity index (χ4v) is 3.83. The van der Waals surface area contributed by atoms with Crippen LogP contribution in [0.3, 0.4) is 0 Å². The monoisotopic (exact) mass is 343 g/mol. The minimum atomic E-state index is -3.95. The van der Waals surface area contributed by atoms with Crippen molar-refractivity contribution in [3.8, 4) is 0 Å². The Kier molecular flexibility index (Phi) is 4.37. The number of rotatable bonds is 5. The highest BCUT2D eigenvalue weighted by Gasteiger charge is 2.31. The third-order valence-electron chi connectivity index (χ3n) is 3.81. The molecule has 4 N–H and O–H groups in total. The summed E-state index contributed by atoms with van der Waals surface area (Å²) in [5.74, 6) is -1.27. The smallest absolute Gasteiger partial charge is 0.243 e. The van der Waals surface area contributed by atoms with Crippen molar-refractivity contribution in [2.45, 2.75) is 42.3 Å². The van der Waals surface area contributed by atoms with Crippen LogP contribution < -0.4 is 15.4 Å². The number of carbonyl (C=O) groups excluding carboxylic acids is 1. The van der Waals surface area contributed by atoms with E-state index in [4.69, 9.17) is 0 Å². The van der Waals surface area contributed by atoms with Crippen molar-refractivity contribution in [2.75, 3.05) is 11.9 Å². The van der Waals surface area contributed by atoms with Crippen LogP contribution in [0.4, 0.5) is 10.1 Å². The van der Waals surface area contributed by atoms with Gasteiger partial charge in [0.05, 0.1) is 12.1 Å². The molecule has 1 aromatic carbocycles. The molecule has 0 aromatic heterocycles. The van der Waals surface area contributed by atoms with E-state index in [1.165, 1.54) is 6.07 Å². The van der Waals surface area contributed by atoms with Crippen LogP contribution in [0.2, 0.25) is 0 Å². The molecule has 7 nitrogen and oxygen atoms in total. The summed E-state index contributed by atoms with van der Waals surface area (Å²) in [5.41, 5.74) is 0.191. The number of benzene rings is 1. The van der Waals surface area contributed by atoms with E-state index in [2.05, 4.69) is 15.4 Å². The molecule has 2 unspecified atom stereocenters. The lowest BCUT2D eigenvalue weighted by Gasteiger charge is -2.13. The third-order valence-corrected chi connectivity index (χ3v) is 5.35.